The molecule has 0 saturated carbocycles. The Labute approximate surface area is 299 Å². The molecular formula is C33H35N5O15. The number of hydrogen-bond acceptors (Lipinski definition) is 17. The minimum Gasteiger partial charge on any atom is -0.507 e. The van der Waals surface area contributed by atoms with Crippen LogP contribution in [0.2, 0.25) is 0 Å². The molecule has 2 aromatic carbocycles. The van der Waals surface area contributed by atoms with Gasteiger partial charge in [-0.25, -0.2) is 9.36 Å². The summed E-state index contributed by atoms with van der Waals surface area (Å²) in [6.45, 7) is 0.172. The number of hydrogen-bond donors (Lipinski definition) is 7. The Hall–Kier alpha value is -5.51. The van der Waals surface area contributed by atoms with E-state index in [-0.39, 0.29) is 41.0 Å². The van der Waals surface area contributed by atoms with E-state index in [9.17, 15) is 54.8 Å². The molecule has 3 aliphatic rings. The maximum Gasteiger partial charge on any atom is 0.434 e. The summed E-state index contributed by atoms with van der Waals surface area (Å²) in [7, 11) is 2.68. The van der Waals surface area contributed by atoms with Crippen molar-refractivity contribution < 1.29 is 68.7 Å². The predicted molar refractivity (Wildman–Crippen MR) is 174 cm³/mol. The first-order chi connectivity index (χ1) is 25.1. The molecular weight excluding hydrogens is 706 g/mol. The molecule has 1 amide bonds. The van der Waals surface area contributed by atoms with E-state index in [2.05, 4.69) is 15.8 Å². The summed E-state index contributed by atoms with van der Waals surface area (Å²) in [4.78, 5) is 72.0. The van der Waals surface area contributed by atoms with Crippen molar-refractivity contribution in [2.45, 2.75) is 69.0 Å². The molecule has 3 aromatic rings. The van der Waals surface area contributed by atoms with E-state index in [1.54, 1.807) is 0 Å². The second-order valence-electron chi connectivity index (χ2n) is 12.8. The number of aliphatic hydroxyl groups excluding tert-OH is 2. The zero-order chi connectivity index (χ0) is 38.5. The first kappa shape index (κ1) is 37.3. The number of carbonyl (C=O) groups is 4. The molecule has 0 spiro atoms. The van der Waals surface area contributed by atoms with E-state index in [0.717, 1.165) is 4.57 Å². The van der Waals surface area contributed by atoms with Gasteiger partial charge in [0.25, 0.3) is 0 Å². The Bertz CT molecular complexity index is 2030. The maximum atomic E-state index is 13.9. The number of phenols is 2. The number of imidazole rings is 1. The molecule has 20 nitrogen and oxygen atoms in total. The summed E-state index contributed by atoms with van der Waals surface area (Å²) in [5.41, 5.74) is -1.54. The molecule has 20 heteroatoms. The van der Waals surface area contributed by atoms with Crippen molar-refractivity contribution >= 4 is 29.4 Å². The van der Waals surface area contributed by atoms with Gasteiger partial charge in [-0.2, -0.15) is 0 Å². The Kier molecular flexibility index (Phi) is 9.94. The third-order valence-electron chi connectivity index (χ3n) is 9.70. The molecule has 282 valence electrons. The third-order valence-corrected chi connectivity index (χ3v) is 9.70. The van der Waals surface area contributed by atoms with E-state index in [1.807, 2.05) is 0 Å². The minimum absolute atomic E-state index is 0.0392. The highest BCUT2D eigenvalue weighted by Crippen LogP contribution is 2.52. The lowest BCUT2D eigenvalue weighted by atomic mass is 9.72. The molecule has 6 atom stereocenters. The number of carbonyl (C=O) groups excluding carboxylic acids is 4. The SMILES string of the molecule is COc1cccc2c1C(=O)c1c(O)c3c(c(O)c1C2=O)C[C@@](O)(C(=O)CO)C[C@@H]3OC1CC(NOC(=O)NCc2cnc([N+](=O)[O-])n2C)C(O)C(C)O1. The van der Waals surface area contributed by atoms with E-state index in [0.29, 0.717) is 5.69 Å². The zero-order valence-electron chi connectivity index (χ0n) is 28.4. The van der Waals surface area contributed by atoms with Crippen LogP contribution in [0.1, 0.15) is 74.5 Å². The fourth-order valence-electron chi connectivity index (χ4n) is 6.93. The van der Waals surface area contributed by atoms with Gasteiger partial charge in [0.2, 0.25) is 5.78 Å². The van der Waals surface area contributed by atoms with Crippen molar-refractivity contribution in [3.05, 3.63) is 73.6 Å². The Morgan fingerprint density at radius 3 is 2.55 bits per heavy atom. The number of amides is 1. The van der Waals surface area contributed by atoms with E-state index >= 15 is 0 Å². The molecule has 0 radical (unpaired) electrons. The van der Waals surface area contributed by atoms with Crippen molar-refractivity contribution in [3.63, 3.8) is 0 Å². The second-order valence-corrected chi connectivity index (χ2v) is 12.8. The summed E-state index contributed by atoms with van der Waals surface area (Å²) in [5.74, 6) is -4.68. The molecule has 2 heterocycles. The van der Waals surface area contributed by atoms with Crippen LogP contribution in [0, 0.1) is 10.1 Å². The van der Waals surface area contributed by atoms with Gasteiger partial charge in [-0.15, -0.1) is 5.48 Å². The van der Waals surface area contributed by atoms with Crippen molar-refractivity contribution in [2.24, 2.45) is 7.05 Å². The van der Waals surface area contributed by atoms with Gasteiger partial charge in [-0.3, -0.25) is 14.4 Å². The molecule has 7 N–H and O–H groups in total. The molecule has 53 heavy (non-hydrogen) atoms. The van der Waals surface area contributed by atoms with Gasteiger partial charge in [-0.1, -0.05) is 17.1 Å². The van der Waals surface area contributed by atoms with Gasteiger partial charge in [0, 0.05) is 36.0 Å². The molecule has 1 fully saturated rings. The van der Waals surface area contributed by atoms with Crippen LogP contribution in [0.3, 0.4) is 0 Å². The highest BCUT2D eigenvalue weighted by Gasteiger charge is 2.50. The number of phenolic OH excluding ortho intramolecular Hbond substituents is 2. The lowest BCUT2D eigenvalue weighted by Gasteiger charge is -2.42. The van der Waals surface area contributed by atoms with Gasteiger partial charge in [0.15, 0.2) is 17.9 Å². The number of hydroxylamine groups is 1. The molecule has 1 aliphatic heterocycles. The van der Waals surface area contributed by atoms with Crippen LogP contribution in [0.15, 0.2) is 24.4 Å². The predicted octanol–water partition coefficient (Wildman–Crippen LogP) is 0.115. The molecule has 1 saturated heterocycles. The van der Waals surface area contributed by atoms with Crippen LogP contribution in [0.25, 0.3) is 0 Å². The van der Waals surface area contributed by atoms with Crippen LogP contribution in [-0.2, 0) is 39.1 Å². The van der Waals surface area contributed by atoms with Gasteiger partial charge in [0.05, 0.1) is 61.7 Å². The van der Waals surface area contributed by atoms with Crippen molar-refractivity contribution in [1.29, 1.82) is 0 Å². The molecule has 0 bridgehead atoms. The molecule has 1 aromatic heterocycles. The van der Waals surface area contributed by atoms with E-state index in [1.165, 1.54) is 45.5 Å². The number of rotatable bonds is 10. The topological polar surface area (TPSA) is 291 Å². The van der Waals surface area contributed by atoms with Crippen molar-refractivity contribution in [2.75, 3.05) is 13.7 Å². The van der Waals surface area contributed by atoms with Crippen LogP contribution >= 0.6 is 0 Å². The summed E-state index contributed by atoms with van der Waals surface area (Å²) < 4.78 is 18.4. The van der Waals surface area contributed by atoms with Crippen molar-refractivity contribution in [3.8, 4) is 17.2 Å². The van der Waals surface area contributed by atoms with Gasteiger partial charge in [-0.05, 0) is 17.9 Å². The van der Waals surface area contributed by atoms with Crippen LogP contribution in [0.5, 0.6) is 17.2 Å². The van der Waals surface area contributed by atoms with Crippen LogP contribution in [0.4, 0.5) is 10.7 Å². The van der Waals surface area contributed by atoms with Gasteiger partial charge in [0.1, 0.15) is 41.3 Å². The van der Waals surface area contributed by atoms with E-state index in [4.69, 9.17) is 19.0 Å². The number of aliphatic hydroxyl groups is 3. The highest BCUT2D eigenvalue weighted by atomic mass is 16.7. The number of aromatic nitrogens is 2. The Morgan fingerprint density at radius 2 is 1.89 bits per heavy atom. The first-order valence-electron chi connectivity index (χ1n) is 16.2. The standard InChI is InChI=1S/C33H35N5O15/c1-13-26(41)17(36-53-32(46)35-11-14-10-34-31(37(14)2)38(48)49)7-21(51-13)52-19-9-33(47,20(40)12-39)8-16-23(19)30(45)25-24(28(16)43)27(42)15-5-4-6-18(50-3)22(15)29(25)44/h4-6,10,13,17,19,21,26,36,39,41,43,45,47H,7-9,11-12H2,1-3H3,(H,35,46)/t13?,17?,19-,21?,26?,33-/m0/s1. The number of fused-ring (bicyclic) bond motifs is 3. The summed E-state index contributed by atoms with van der Waals surface area (Å²) in [6.07, 6.45) is -6.43. The number of aromatic hydroxyl groups is 2. The molecule has 4 unspecified atom stereocenters. The number of benzene rings is 2. The third kappa shape index (κ3) is 6.44. The molecule has 6 rings (SSSR count). The first-order valence-corrected chi connectivity index (χ1v) is 16.2. The number of ketones is 3. The highest BCUT2D eigenvalue weighted by molar-refractivity contribution is 6.31. The number of nitrogens with one attached hydrogen (secondary N) is 2. The zero-order valence-corrected chi connectivity index (χ0v) is 28.4. The van der Waals surface area contributed by atoms with Crippen LogP contribution in [-0.4, -0.2) is 107 Å². The maximum absolute atomic E-state index is 13.9. The van der Waals surface area contributed by atoms with E-state index < -0.39 is 113 Å². The fraction of sp³-hybridized carbons (Fsp3) is 0.424. The average Bonchev–Trinajstić information content (AvgIpc) is 3.50. The summed E-state index contributed by atoms with van der Waals surface area (Å²) in [6, 6.07) is 3.20. The monoisotopic (exact) mass is 741 g/mol. The summed E-state index contributed by atoms with van der Waals surface area (Å²) >= 11 is 0. The number of ether oxygens (including phenoxy) is 3. The Balaban J connectivity index is 1.27. The smallest absolute Gasteiger partial charge is 0.434 e. The quantitative estimate of drug-likeness (QED) is 0.0645. The normalized spacial score (nSPS) is 24.8. The van der Waals surface area contributed by atoms with Crippen molar-refractivity contribution in [1.82, 2.24) is 20.3 Å². The number of methoxy groups -OCH3 is 1. The van der Waals surface area contributed by atoms with Gasteiger partial charge < -0.3 is 60.0 Å². The lowest BCUT2D eigenvalue weighted by Crippen LogP contribution is -2.55. The molecule has 2 aliphatic carbocycles. The number of nitro groups is 1. The minimum atomic E-state index is -2.37. The number of Topliss-reactive ketones (excluding diaryl/α,β-unsaturated/α-hetero) is 1. The lowest BCUT2D eigenvalue weighted by molar-refractivity contribution is -0.396. The Morgan fingerprint density at radius 1 is 1.17 bits per heavy atom. The average molecular weight is 742 g/mol. The second kappa shape index (κ2) is 14.1. The van der Waals surface area contributed by atoms with Gasteiger partial charge >= 0.3 is 12.0 Å². The fourth-order valence-corrected chi connectivity index (χ4v) is 6.93. The largest absolute Gasteiger partial charge is 0.507 e. The van der Waals surface area contributed by atoms with Crippen LogP contribution < -0.4 is 15.5 Å². The number of nitrogens with zero attached hydrogens (tertiary/aromatic N) is 3. The summed E-state index contributed by atoms with van der Waals surface area (Å²) in [5, 5.41) is 68.6.